The Morgan fingerprint density at radius 1 is 1.26 bits per heavy atom. The molecule has 1 amide bonds. The average molecular weight is 357 g/mol. The first-order valence-corrected chi connectivity index (χ1v) is 10.8. The second kappa shape index (κ2) is 8.70. The van der Waals surface area contributed by atoms with Crippen LogP contribution in [0.1, 0.15) is 18.4 Å². The van der Waals surface area contributed by atoms with Crippen molar-refractivity contribution >= 4 is 27.7 Å². The Morgan fingerprint density at radius 2 is 1.91 bits per heavy atom. The van der Waals surface area contributed by atoms with Gasteiger partial charge in [0, 0.05) is 37.1 Å². The van der Waals surface area contributed by atoms with Crippen molar-refractivity contribution in [2.75, 3.05) is 31.6 Å². The van der Waals surface area contributed by atoms with Gasteiger partial charge in [-0.25, -0.2) is 12.7 Å². The topological polar surface area (TPSA) is 66.5 Å². The van der Waals surface area contributed by atoms with Crippen LogP contribution in [0.25, 0.3) is 0 Å². The van der Waals surface area contributed by atoms with Crippen LogP contribution in [0.15, 0.2) is 30.3 Å². The van der Waals surface area contributed by atoms with Crippen molar-refractivity contribution in [1.82, 2.24) is 9.62 Å². The van der Waals surface area contributed by atoms with Crippen LogP contribution in [0.2, 0.25) is 0 Å². The van der Waals surface area contributed by atoms with Gasteiger partial charge in [0.15, 0.2) is 0 Å². The summed E-state index contributed by atoms with van der Waals surface area (Å²) in [5.41, 5.74) is 1.29. The van der Waals surface area contributed by atoms with Gasteiger partial charge >= 0.3 is 0 Å². The van der Waals surface area contributed by atoms with Crippen molar-refractivity contribution in [3.8, 4) is 0 Å². The summed E-state index contributed by atoms with van der Waals surface area (Å²) in [6.07, 6.45) is 2.43. The quantitative estimate of drug-likeness (QED) is 0.755. The molecule has 1 aliphatic rings. The van der Waals surface area contributed by atoms with Crippen LogP contribution < -0.4 is 5.32 Å². The molecule has 7 heteroatoms. The Bertz CT molecular complexity index is 597. The van der Waals surface area contributed by atoms with E-state index in [0.29, 0.717) is 32.5 Å². The third-order valence-electron chi connectivity index (χ3n) is 3.95. The van der Waals surface area contributed by atoms with E-state index in [1.807, 2.05) is 18.2 Å². The van der Waals surface area contributed by atoms with Gasteiger partial charge in [-0.05, 0) is 18.4 Å². The number of piperidine rings is 1. The summed E-state index contributed by atoms with van der Waals surface area (Å²) >= 11 is 1.80. The summed E-state index contributed by atoms with van der Waals surface area (Å²) in [7, 11) is -3.13. The molecular formula is C16H24N2O3S2. The van der Waals surface area contributed by atoms with Crippen LogP contribution >= 0.6 is 11.8 Å². The minimum Gasteiger partial charge on any atom is -0.355 e. The zero-order chi connectivity index (χ0) is 16.7. The molecule has 2 rings (SSSR count). The lowest BCUT2D eigenvalue weighted by Crippen LogP contribution is -2.42. The maximum atomic E-state index is 12.1. The van der Waals surface area contributed by atoms with Gasteiger partial charge in [0.25, 0.3) is 0 Å². The normalized spacial score (nSPS) is 17.1. The third kappa shape index (κ3) is 6.16. The van der Waals surface area contributed by atoms with Crippen LogP contribution in [-0.2, 0) is 20.6 Å². The molecular weight excluding hydrogens is 332 g/mol. The van der Waals surface area contributed by atoms with Gasteiger partial charge in [-0.1, -0.05) is 30.3 Å². The molecule has 0 aromatic heterocycles. The number of carbonyl (C=O) groups excluding carboxylic acids is 1. The van der Waals surface area contributed by atoms with Gasteiger partial charge in [-0.2, -0.15) is 11.8 Å². The Kier molecular flexibility index (Phi) is 6.92. The second-order valence-corrected chi connectivity index (χ2v) is 8.85. The Morgan fingerprint density at radius 3 is 2.52 bits per heavy atom. The molecule has 1 fully saturated rings. The van der Waals surface area contributed by atoms with Crippen LogP contribution in [0, 0.1) is 5.92 Å². The number of nitrogens with zero attached hydrogens (tertiary/aromatic N) is 1. The third-order valence-corrected chi connectivity index (χ3v) is 6.28. The van der Waals surface area contributed by atoms with E-state index in [1.165, 1.54) is 16.1 Å². The van der Waals surface area contributed by atoms with Crippen LogP contribution in [-0.4, -0.2) is 50.3 Å². The molecule has 1 saturated heterocycles. The number of rotatable bonds is 7. The number of hydrogen-bond acceptors (Lipinski definition) is 4. The van der Waals surface area contributed by atoms with Gasteiger partial charge < -0.3 is 5.32 Å². The molecule has 5 nitrogen and oxygen atoms in total. The molecule has 0 unspecified atom stereocenters. The molecule has 1 aliphatic heterocycles. The van der Waals surface area contributed by atoms with E-state index in [9.17, 15) is 13.2 Å². The molecule has 0 bridgehead atoms. The fraction of sp³-hybridized carbons (Fsp3) is 0.562. The smallest absolute Gasteiger partial charge is 0.223 e. The van der Waals surface area contributed by atoms with Crippen molar-refractivity contribution in [3.63, 3.8) is 0 Å². The van der Waals surface area contributed by atoms with E-state index in [1.54, 1.807) is 11.8 Å². The number of sulfonamides is 1. The van der Waals surface area contributed by atoms with E-state index in [4.69, 9.17) is 0 Å². The molecule has 0 saturated carbocycles. The first kappa shape index (κ1) is 18.3. The predicted octanol–water partition coefficient (Wildman–Crippen LogP) is 1.71. The predicted molar refractivity (Wildman–Crippen MR) is 94.8 cm³/mol. The molecule has 0 radical (unpaired) electrons. The number of hydrogen-bond donors (Lipinski definition) is 1. The maximum absolute atomic E-state index is 12.1. The lowest BCUT2D eigenvalue weighted by molar-refractivity contribution is -0.125. The van der Waals surface area contributed by atoms with Crippen LogP contribution in [0.4, 0.5) is 0 Å². The summed E-state index contributed by atoms with van der Waals surface area (Å²) in [4.78, 5) is 12.1. The molecule has 23 heavy (non-hydrogen) atoms. The highest BCUT2D eigenvalue weighted by Crippen LogP contribution is 2.19. The summed E-state index contributed by atoms with van der Waals surface area (Å²) in [6, 6.07) is 10.3. The lowest BCUT2D eigenvalue weighted by Gasteiger charge is -2.29. The molecule has 0 atom stereocenters. The van der Waals surface area contributed by atoms with Crippen LogP contribution in [0.3, 0.4) is 0 Å². The van der Waals surface area contributed by atoms with E-state index < -0.39 is 10.0 Å². The van der Waals surface area contributed by atoms with Crippen molar-refractivity contribution < 1.29 is 13.2 Å². The first-order valence-electron chi connectivity index (χ1n) is 7.81. The zero-order valence-electron chi connectivity index (χ0n) is 13.4. The average Bonchev–Trinajstić information content (AvgIpc) is 2.54. The minimum absolute atomic E-state index is 0.0541. The minimum atomic E-state index is -3.13. The highest BCUT2D eigenvalue weighted by Gasteiger charge is 2.28. The van der Waals surface area contributed by atoms with Crippen molar-refractivity contribution in [1.29, 1.82) is 0 Å². The lowest BCUT2D eigenvalue weighted by atomic mass is 9.97. The van der Waals surface area contributed by atoms with Crippen molar-refractivity contribution in [2.24, 2.45) is 5.92 Å². The highest BCUT2D eigenvalue weighted by molar-refractivity contribution is 7.98. The van der Waals surface area contributed by atoms with Gasteiger partial charge in [-0.3, -0.25) is 4.79 Å². The van der Waals surface area contributed by atoms with Gasteiger partial charge in [-0.15, -0.1) is 0 Å². The Labute approximate surface area is 142 Å². The summed E-state index contributed by atoms with van der Waals surface area (Å²) in [5, 5.41) is 2.96. The summed E-state index contributed by atoms with van der Waals surface area (Å²) in [5.74, 6) is 1.82. The number of carbonyl (C=O) groups is 1. The van der Waals surface area contributed by atoms with E-state index >= 15 is 0 Å². The Balaban J connectivity index is 1.60. The SMILES string of the molecule is CS(=O)(=O)N1CCC(C(=O)NCCSCc2ccccc2)CC1. The van der Waals surface area contributed by atoms with Crippen LogP contribution in [0.5, 0.6) is 0 Å². The molecule has 0 aliphatic carbocycles. The van der Waals surface area contributed by atoms with Gasteiger partial charge in [0.1, 0.15) is 0 Å². The van der Waals surface area contributed by atoms with E-state index in [2.05, 4.69) is 17.4 Å². The monoisotopic (exact) mass is 356 g/mol. The number of nitrogens with one attached hydrogen (secondary N) is 1. The molecule has 1 aromatic carbocycles. The maximum Gasteiger partial charge on any atom is 0.223 e. The fourth-order valence-electron chi connectivity index (χ4n) is 2.60. The van der Waals surface area contributed by atoms with Crippen molar-refractivity contribution in [2.45, 2.75) is 18.6 Å². The fourth-order valence-corrected chi connectivity index (χ4v) is 4.30. The molecule has 0 spiro atoms. The summed E-state index contributed by atoms with van der Waals surface area (Å²) < 4.78 is 24.3. The first-order chi connectivity index (χ1) is 11.0. The highest BCUT2D eigenvalue weighted by atomic mass is 32.2. The van der Waals surface area contributed by atoms with Gasteiger partial charge in [0.2, 0.25) is 15.9 Å². The molecule has 1 aromatic rings. The zero-order valence-corrected chi connectivity index (χ0v) is 15.0. The number of amides is 1. The van der Waals surface area contributed by atoms with E-state index in [-0.39, 0.29) is 11.8 Å². The molecule has 1 heterocycles. The molecule has 128 valence electrons. The standard InChI is InChI=1S/C16H24N2O3S2/c1-23(20,21)18-10-7-15(8-11-18)16(19)17-9-12-22-13-14-5-3-2-4-6-14/h2-6,15H,7-13H2,1H3,(H,17,19). The van der Waals surface area contributed by atoms with Crippen molar-refractivity contribution in [3.05, 3.63) is 35.9 Å². The summed E-state index contributed by atoms with van der Waals surface area (Å²) in [6.45, 7) is 1.54. The second-order valence-electron chi connectivity index (χ2n) is 5.77. The van der Waals surface area contributed by atoms with Gasteiger partial charge in [0.05, 0.1) is 6.26 Å². The molecule has 1 N–H and O–H groups in total. The number of thioether (sulfide) groups is 1. The largest absolute Gasteiger partial charge is 0.355 e. The number of benzene rings is 1. The van der Waals surface area contributed by atoms with E-state index in [0.717, 1.165) is 11.5 Å². The Hall–Kier alpha value is -1.05.